The lowest BCUT2D eigenvalue weighted by atomic mass is 9.99. The van der Waals surface area contributed by atoms with Crippen molar-refractivity contribution in [3.05, 3.63) is 71.8 Å². The molecule has 0 saturated carbocycles. The highest BCUT2D eigenvalue weighted by Gasteiger charge is 2.28. The summed E-state index contributed by atoms with van der Waals surface area (Å²) in [4.78, 5) is 38.9. The number of carbonyl (C=O) groups is 3. The summed E-state index contributed by atoms with van der Waals surface area (Å²) in [7, 11) is 1.49. The zero-order valence-corrected chi connectivity index (χ0v) is 18.9. The summed E-state index contributed by atoms with van der Waals surface area (Å²) in [5.41, 5.74) is 7.63. The summed E-state index contributed by atoms with van der Waals surface area (Å²) in [6.07, 6.45) is -0.206. The number of hydrogen-bond donors (Lipinski definition) is 1. The van der Waals surface area contributed by atoms with Gasteiger partial charge in [-0.2, -0.15) is 0 Å². The van der Waals surface area contributed by atoms with Gasteiger partial charge in [0.15, 0.2) is 0 Å². The first-order valence-corrected chi connectivity index (χ1v) is 10.8. The van der Waals surface area contributed by atoms with Gasteiger partial charge in [-0.15, -0.1) is 0 Å². The van der Waals surface area contributed by atoms with Crippen LogP contribution in [-0.4, -0.2) is 48.5 Å². The minimum atomic E-state index is -1.12. The van der Waals surface area contributed by atoms with Crippen molar-refractivity contribution < 1.29 is 23.9 Å². The number of hydrogen-bond acceptors (Lipinski definition) is 6. The Morgan fingerprint density at radius 3 is 2.09 bits per heavy atom. The Morgan fingerprint density at radius 2 is 1.53 bits per heavy atom. The molecule has 0 aromatic heterocycles. The molecule has 0 spiro atoms. The second-order valence-corrected chi connectivity index (χ2v) is 7.87. The standard InChI is InChI=1S/C25H32N2O5/c1-4-18(2)23(26)24(29)27(3)16-22(28)32-21(15-19-11-7-5-8-12-19)25(30)31-17-20-13-9-6-10-14-20/h5-14,18,21,23H,4,15-17,26H2,1-3H3/t18-,21-,23+/m1/s1. The first kappa shape index (κ1) is 25.1. The molecule has 0 aliphatic rings. The van der Waals surface area contributed by atoms with Gasteiger partial charge in [-0.05, 0) is 17.0 Å². The van der Waals surface area contributed by atoms with Gasteiger partial charge in [-0.3, -0.25) is 9.59 Å². The van der Waals surface area contributed by atoms with Crippen molar-refractivity contribution in [3.8, 4) is 0 Å². The Bertz CT molecular complexity index is 872. The van der Waals surface area contributed by atoms with Crippen molar-refractivity contribution in [1.82, 2.24) is 4.90 Å². The van der Waals surface area contributed by atoms with E-state index in [9.17, 15) is 14.4 Å². The topological polar surface area (TPSA) is 98.9 Å². The zero-order chi connectivity index (χ0) is 23.5. The van der Waals surface area contributed by atoms with E-state index in [1.807, 2.05) is 74.5 Å². The Hall–Kier alpha value is -3.19. The summed E-state index contributed by atoms with van der Waals surface area (Å²) in [5.74, 6) is -1.70. The van der Waals surface area contributed by atoms with Crippen LogP contribution in [0.3, 0.4) is 0 Å². The number of amides is 1. The van der Waals surface area contributed by atoms with Crippen molar-refractivity contribution >= 4 is 17.8 Å². The lowest BCUT2D eigenvalue weighted by molar-refractivity contribution is -0.169. The number of ether oxygens (including phenoxy) is 2. The van der Waals surface area contributed by atoms with Crippen LogP contribution in [0.1, 0.15) is 31.4 Å². The van der Waals surface area contributed by atoms with E-state index in [0.717, 1.165) is 17.5 Å². The molecule has 0 aliphatic carbocycles. The third kappa shape index (κ3) is 7.81. The molecule has 0 radical (unpaired) electrons. The minimum Gasteiger partial charge on any atom is -0.458 e. The molecule has 172 valence electrons. The average molecular weight is 441 g/mol. The molecular formula is C25H32N2O5. The Labute approximate surface area is 189 Å². The van der Waals surface area contributed by atoms with E-state index in [0.29, 0.717) is 0 Å². The van der Waals surface area contributed by atoms with Crippen molar-refractivity contribution in [2.24, 2.45) is 11.7 Å². The van der Waals surface area contributed by atoms with Crippen LogP contribution in [0.25, 0.3) is 0 Å². The summed E-state index contributed by atoms with van der Waals surface area (Å²) < 4.78 is 10.8. The Morgan fingerprint density at radius 1 is 0.969 bits per heavy atom. The Balaban J connectivity index is 2.02. The maximum Gasteiger partial charge on any atom is 0.348 e. The normalized spacial score (nSPS) is 13.5. The van der Waals surface area contributed by atoms with Crippen LogP contribution >= 0.6 is 0 Å². The van der Waals surface area contributed by atoms with Crippen molar-refractivity contribution in [3.63, 3.8) is 0 Å². The van der Waals surface area contributed by atoms with Crippen molar-refractivity contribution in [2.75, 3.05) is 13.6 Å². The van der Waals surface area contributed by atoms with Gasteiger partial charge in [-0.25, -0.2) is 4.79 Å². The molecule has 7 heteroatoms. The van der Waals surface area contributed by atoms with E-state index in [4.69, 9.17) is 15.2 Å². The zero-order valence-electron chi connectivity index (χ0n) is 18.9. The number of rotatable bonds is 11. The van der Waals surface area contributed by atoms with Crippen molar-refractivity contribution in [2.45, 2.75) is 45.4 Å². The predicted molar refractivity (Wildman–Crippen MR) is 121 cm³/mol. The maximum atomic E-state index is 12.7. The van der Waals surface area contributed by atoms with Gasteiger partial charge in [0.1, 0.15) is 13.2 Å². The first-order chi connectivity index (χ1) is 15.3. The number of esters is 2. The number of nitrogens with two attached hydrogens (primary N) is 1. The van der Waals surface area contributed by atoms with Crippen LogP contribution in [-0.2, 0) is 36.9 Å². The highest BCUT2D eigenvalue weighted by atomic mass is 16.6. The quantitative estimate of drug-likeness (QED) is 0.540. The first-order valence-electron chi connectivity index (χ1n) is 10.8. The second-order valence-electron chi connectivity index (χ2n) is 7.87. The van der Waals surface area contributed by atoms with Crippen LogP contribution in [0.4, 0.5) is 0 Å². The molecule has 2 aromatic rings. The molecule has 3 atom stereocenters. The number of likely N-dealkylation sites (N-methyl/N-ethyl adjacent to an activating group) is 1. The molecule has 0 aliphatic heterocycles. The van der Waals surface area contributed by atoms with Crippen molar-refractivity contribution in [1.29, 1.82) is 0 Å². The van der Waals surface area contributed by atoms with Gasteiger partial charge in [0.2, 0.25) is 12.0 Å². The van der Waals surface area contributed by atoms with Crippen LogP contribution < -0.4 is 5.73 Å². The predicted octanol–water partition coefficient (Wildman–Crippen LogP) is 2.72. The van der Waals surface area contributed by atoms with E-state index in [1.165, 1.54) is 11.9 Å². The molecule has 2 rings (SSSR count). The molecule has 0 unspecified atom stereocenters. The van der Waals surface area contributed by atoms with E-state index in [2.05, 4.69) is 0 Å². The van der Waals surface area contributed by atoms with Gasteiger partial charge in [-0.1, -0.05) is 80.9 Å². The summed E-state index contributed by atoms with van der Waals surface area (Å²) in [6, 6.07) is 17.8. The average Bonchev–Trinajstić information content (AvgIpc) is 2.81. The molecular weight excluding hydrogens is 408 g/mol. The Kier molecular flexibility index (Phi) is 9.88. The van der Waals surface area contributed by atoms with Gasteiger partial charge < -0.3 is 20.1 Å². The fraction of sp³-hybridized carbons (Fsp3) is 0.400. The summed E-state index contributed by atoms with van der Waals surface area (Å²) in [5, 5.41) is 0. The molecule has 0 bridgehead atoms. The van der Waals surface area contributed by atoms with Crippen LogP contribution in [0.5, 0.6) is 0 Å². The SMILES string of the molecule is CC[C@@H](C)[C@H](N)C(=O)N(C)CC(=O)O[C@H](Cc1ccccc1)C(=O)OCc1ccccc1. The van der Waals surface area contributed by atoms with Gasteiger partial charge >= 0.3 is 11.9 Å². The van der Waals surface area contributed by atoms with E-state index in [1.54, 1.807) is 0 Å². The lowest BCUT2D eigenvalue weighted by Crippen LogP contribution is -2.47. The monoisotopic (exact) mass is 440 g/mol. The van der Waals surface area contributed by atoms with Gasteiger partial charge in [0, 0.05) is 13.5 Å². The molecule has 1 amide bonds. The van der Waals surface area contributed by atoms with Gasteiger partial charge in [0.05, 0.1) is 6.04 Å². The van der Waals surface area contributed by atoms with Crippen LogP contribution in [0.2, 0.25) is 0 Å². The molecule has 0 saturated heterocycles. The fourth-order valence-corrected chi connectivity index (χ4v) is 3.04. The minimum absolute atomic E-state index is 0.0141. The fourth-order valence-electron chi connectivity index (χ4n) is 3.04. The highest BCUT2D eigenvalue weighted by Crippen LogP contribution is 2.12. The lowest BCUT2D eigenvalue weighted by Gasteiger charge is -2.24. The number of carbonyl (C=O) groups excluding carboxylic acids is 3. The van der Waals surface area contributed by atoms with E-state index >= 15 is 0 Å². The molecule has 2 N–H and O–H groups in total. The molecule has 7 nitrogen and oxygen atoms in total. The van der Waals surface area contributed by atoms with E-state index < -0.39 is 24.1 Å². The second kappa shape index (κ2) is 12.6. The third-order valence-electron chi connectivity index (χ3n) is 5.31. The van der Waals surface area contributed by atoms with E-state index in [-0.39, 0.29) is 31.4 Å². The summed E-state index contributed by atoms with van der Waals surface area (Å²) in [6.45, 7) is 3.60. The molecule has 0 fully saturated rings. The summed E-state index contributed by atoms with van der Waals surface area (Å²) >= 11 is 0. The van der Waals surface area contributed by atoms with Crippen LogP contribution in [0, 0.1) is 5.92 Å². The molecule has 32 heavy (non-hydrogen) atoms. The molecule has 2 aromatic carbocycles. The number of benzene rings is 2. The smallest absolute Gasteiger partial charge is 0.348 e. The maximum absolute atomic E-state index is 12.7. The van der Waals surface area contributed by atoms with Gasteiger partial charge in [0.25, 0.3) is 0 Å². The number of nitrogens with zero attached hydrogens (tertiary/aromatic N) is 1. The largest absolute Gasteiger partial charge is 0.458 e. The highest BCUT2D eigenvalue weighted by molar-refractivity contribution is 5.86. The van der Waals surface area contributed by atoms with Crippen LogP contribution in [0.15, 0.2) is 60.7 Å². The molecule has 0 heterocycles. The third-order valence-corrected chi connectivity index (χ3v) is 5.31.